The Morgan fingerprint density at radius 1 is 1.05 bits per heavy atom. The zero-order valence-electron chi connectivity index (χ0n) is 13.0. The second-order valence-electron chi connectivity index (χ2n) is 6.26. The first-order valence-electron chi connectivity index (χ1n) is 8.52. The van der Waals surface area contributed by atoms with Crippen molar-refractivity contribution in [2.75, 3.05) is 45.8 Å². The Morgan fingerprint density at radius 3 is 2.37 bits per heavy atom. The lowest BCUT2D eigenvalue weighted by Gasteiger charge is -2.41. The van der Waals surface area contributed by atoms with Crippen LogP contribution in [0.3, 0.4) is 0 Å². The summed E-state index contributed by atoms with van der Waals surface area (Å²) in [7, 11) is 0. The lowest BCUT2D eigenvalue weighted by atomic mass is 9.90. The maximum absolute atomic E-state index is 3.60. The van der Waals surface area contributed by atoms with Crippen LogP contribution in [0, 0.1) is 5.92 Å². The summed E-state index contributed by atoms with van der Waals surface area (Å²) < 4.78 is 0. The smallest absolute Gasteiger partial charge is 0.0261 e. The first-order valence-corrected chi connectivity index (χ1v) is 8.52. The van der Waals surface area contributed by atoms with E-state index in [0.717, 1.165) is 12.0 Å². The third-order valence-electron chi connectivity index (χ3n) is 5.06. The van der Waals surface area contributed by atoms with Crippen LogP contribution >= 0.6 is 0 Å². The zero-order valence-corrected chi connectivity index (χ0v) is 13.0. The number of likely N-dealkylation sites (N-methyl/N-ethyl adjacent to an activating group) is 1. The molecule has 1 N–H and O–H groups in total. The van der Waals surface area contributed by atoms with Gasteiger partial charge in [0.2, 0.25) is 0 Å². The topological polar surface area (TPSA) is 18.5 Å². The van der Waals surface area contributed by atoms with Crippen molar-refractivity contribution in [1.29, 1.82) is 0 Å². The number of nitrogens with zero attached hydrogens (tertiary/aromatic N) is 2. The average molecular weight is 267 g/mol. The first kappa shape index (κ1) is 15.3. The SMILES string of the molecule is CCN(CC)C1CNCCC1CN1CCCCCC1. The maximum Gasteiger partial charge on any atom is 0.0261 e. The van der Waals surface area contributed by atoms with E-state index in [0.29, 0.717) is 0 Å². The molecule has 2 atom stereocenters. The fourth-order valence-corrected chi connectivity index (χ4v) is 3.88. The van der Waals surface area contributed by atoms with Gasteiger partial charge in [0, 0.05) is 19.1 Å². The molecular weight excluding hydrogens is 234 g/mol. The van der Waals surface area contributed by atoms with Crippen molar-refractivity contribution in [3.8, 4) is 0 Å². The molecule has 112 valence electrons. The number of likely N-dealkylation sites (tertiary alicyclic amines) is 1. The molecule has 0 radical (unpaired) electrons. The van der Waals surface area contributed by atoms with Gasteiger partial charge in [0.15, 0.2) is 0 Å². The van der Waals surface area contributed by atoms with Crippen LogP contribution in [0.2, 0.25) is 0 Å². The highest BCUT2D eigenvalue weighted by Gasteiger charge is 2.30. The summed E-state index contributed by atoms with van der Waals surface area (Å²) in [5.41, 5.74) is 0. The second kappa shape index (κ2) is 8.23. The third kappa shape index (κ3) is 4.44. The predicted molar refractivity (Wildman–Crippen MR) is 82.6 cm³/mol. The number of hydrogen-bond donors (Lipinski definition) is 1. The Labute approximate surface area is 119 Å². The van der Waals surface area contributed by atoms with E-state index in [1.807, 2.05) is 0 Å². The van der Waals surface area contributed by atoms with E-state index in [1.165, 1.54) is 77.9 Å². The van der Waals surface area contributed by atoms with E-state index >= 15 is 0 Å². The molecule has 0 aliphatic carbocycles. The molecule has 2 aliphatic rings. The molecule has 0 saturated carbocycles. The van der Waals surface area contributed by atoms with Gasteiger partial charge in [-0.2, -0.15) is 0 Å². The normalized spacial score (nSPS) is 30.5. The molecule has 3 heteroatoms. The molecule has 2 unspecified atom stereocenters. The lowest BCUT2D eigenvalue weighted by molar-refractivity contribution is 0.0942. The van der Waals surface area contributed by atoms with Crippen LogP contribution in [0.15, 0.2) is 0 Å². The predicted octanol–water partition coefficient (Wildman–Crippen LogP) is 2.18. The van der Waals surface area contributed by atoms with Crippen LogP contribution in [0.1, 0.15) is 46.0 Å². The quantitative estimate of drug-likeness (QED) is 0.824. The van der Waals surface area contributed by atoms with Crippen LogP contribution < -0.4 is 5.32 Å². The van der Waals surface area contributed by atoms with Gasteiger partial charge in [-0.25, -0.2) is 0 Å². The minimum Gasteiger partial charge on any atom is -0.315 e. The second-order valence-corrected chi connectivity index (χ2v) is 6.26. The number of nitrogens with one attached hydrogen (secondary N) is 1. The van der Waals surface area contributed by atoms with Gasteiger partial charge in [-0.3, -0.25) is 4.90 Å². The van der Waals surface area contributed by atoms with Crippen LogP contribution in [0.4, 0.5) is 0 Å². The van der Waals surface area contributed by atoms with Crippen LogP contribution in [-0.2, 0) is 0 Å². The molecule has 2 heterocycles. The van der Waals surface area contributed by atoms with Gasteiger partial charge in [-0.1, -0.05) is 26.7 Å². The van der Waals surface area contributed by atoms with Gasteiger partial charge >= 0.3 is 0 Å². The van der Waals surface area contributed by atoms with E-state index in [9.17, 15) is 0 Å². The van der Waals surface area contributed by atoms with Gasteiger partial charge in [-0.15, -0.1) is 0 Å². The van der Waals surface area contributed by atoms with Crippen molar-refractivity contribution in [2.45, 2.75) is 52.0 Å². The molecule has 0 aromatic rings. The van der Waals surface area contributed by atoms with Gasteiger partial charge < -0.3 is 10.2 Å². The summed E-state index contributed by atoms with van der Waals surface area (Å²) in [6, 6.07) is 0.756. The van der Waals surface area contributed by atoms with Gasteiger partial charge in [-0.05, 0) is 57.9 Å². The minimum atomic E-state index is 0.756. The summed E-state index contributed by atoms with van der Waals surface area (Å²) in [6.45, 7) is 13.4. The minimum absolute atomic E-state index is 0.756. The Kier molecular flexibility index (Phi) is 6.62. The van der Waals surface area contributed by atoms with E-state index in [2.05, 4.69) is 29.0 Å². The van der Waals surface area contributed by atoms with Crippen LogP contribution in [0.25, 0.3) is 0 Å². The average Bonchev–Trinajstić information content (AvgIpc) is 2.71. The van der Waals surface area contributed by atoms with Gasteiger partial charge in [0.25, 0.3) is 0 Å². The van der Waals surface area contributed by atoms with Crippen molar-refractivity contribution in [3.05, 3.63) is 0 Å². The Bertz CT molecular complexity index is 232. The fourth-order valence-electron chi connectivity index (χ4n) is 3.88. The van der Waals surface area contributed by atoms with Gasteiger partial charge in [0.1, 0.15) is 0 Å². The molecule has 0 aromatic heterocycles. The fraction of sp³-hybridized carbons (Fsp3) is 1.00. The maximum atomic E-state index is 3.60. The summed E-state index contributed by atoms with van der Waals surface area (Å²) >= 11 is 0. The van der Waals surface area contributed by atoms with E-state index in [-0.39, 0.29) is 0 Å². The molecule has 0 aromatic carbocycles. The monoisotopic (exact) mass is 267 g/mol. The van der Waals surface area contributed by atoms with Crippen LogP contribution in [-0.4, -0.2) is 61.7 Å². The zero-order chi connectivity index (χ0) is 13.5. The summed E-state index contributed by atoms with van der Waals surface area (Å²) in [4.78, 5) is 5.41. The highest BCUT2D eigenvalue weighted by Crippen LogP contribution is 2.21. The molecule has 2 aliphatic heterocycles. The highest BCUT2D eigenvalue weighted by atomic mass is 15.2. The van der Waals surface area contributed by atoms with E-state index in [1.54, 1.807) is 0 Å². The Balaban J connectivity index is 1.90. The van der Waals surface area contributed by atoms with Crippen LogP contribution in [0.5, 0.6) is 0 Å². The molecule has 2 fully saturated rings. The molecule has 0 bridgehead atoms. The number of hydrogen-bond acceptors (Lipinski definition) is 3. The standard InChI is InChI=1S/C16H33N3/c1-3-19(4-2)16-13-17-10-9-15(16)14-18-11-7-5-6-8-12-18/h15-17H,3-14H2,1-2H3. The molecular formula is C16H33N3. The largest absolute Gasteiger partial charge is 0.315 e. The molecule has 2 saturated heterocycles. The Morgan fingerprint density at radius 2 is 1.74 bits per heavy atom. The van der Waals surface area contributed by atoms with Crippen molar-refractivity contribution >= 4 is 0 Å². The van der Waals surface area contributed by atoms with Crippen molar-refractivity contribution in [3.63, 3.8) is 0 Å². The molecule has 2 rings (SSSR count). The van der Waals surface area contributed by atoms with Crippen molar-refractivity contribution in [2.24, 2.45) is 5.92 Å². The number of piperidine rings is 1. The number of rotatable bonds is 5. The van der Waals surface area contributed by atoms with Gasteiger partial charge in [0.05, 0.1) is 0 Å². The molecule has 0 amide bonds. The molecule has 19 heavy (non-hydrogen) atoms. The molecule has 3 nitrogen and oxygen atoms in total. The lowest BCUT2D eigenvalue weighted by Crippen LogP contribution is -2.54. The summed E-state index contributed by atoms with van der Waals surface area (Å²) in [5, 5.41) is 3.60. The van der Waals surface area contributed by atoms with Crippen molar-refractivity contribution < 1.29 is 0 Å². The van der Waals surface area contributed by atoms with E-state index < -0.39 is 0 Å². The summed E-state index contributed by atoms with van der Waals surface area (Å²) in [5.74, 6) is 0.874. The third-order valence-corrected chi connectivity index (χ3v) is 5.06. The van der Waals surface area contributed by atoms with Crippen molar-refractivity contribution in [1.82, 2.24) is 15.1 Å². The summed E-state index contributed by atoms with van der Waals surface area (Å²) in [6.07, 6.45) is 7.09. The van der Waals surface area contributed by atoms with E-state index in [4.69, 9.17) is 0 Å². The first-order chi connectivity index (χ1) is 9.35. The Hall–Kier alpha value is -0.120. The highest BCUT2D eigenvalue weighted by molar-refractivity contribution is 4.87. The molecule has 0 spiro atoms.